The van der Waals surface area contributed by atoms with E-state index in [4.69, 9.17) is 27.9 Å². The molecule has 23 heavy (non-hydrogen) atoms. The van der Waals surface area contributed by atoms with Crippen molar-refractivity contribution in [1.29, 1.82) is 0 Å². The van der Waals surface area contributed by atoms with Gasteiger partial charge in [0.15, 0.2) is 0 Å². The number of amides is 1. The fourth-order valence-corrected chi connectivity index (χ4v) is 3.08. The maximum absolute atomic E-state index is 12.4. The number of carbonyl (C=O) groups excluding carboxylic acids is 1. The molecule has 0 radical (unpaired) electrons. The molecule has 2 rings (SSSR count). The van der Waals surface area contributed by atoms with Gasteiger partial charge in [0, 0.05) is 21.0 Å². The molecule has 2 aromatic rings. The Hall–Kier alpha value is -1.36. The summed E-state index contributed by atoms with van der Waals surface area (Å²) in [6.45, 7) is 3.73. The van der Waals surface area contributed by atoms with Crippen LogP contribution in [0.4, 0.5) is 5.69 Å². The first-order valence-electron chi connectivity index (χ1n) is 6.98. The molecule has 1 atom stereocenters. The second kappa shape index (κ2) is 7.95. The van der Waals surface area contributed by atoms with Gasteiger partial charge in [-0.05, 0) is 49.7 Å². The van der Waals surface area contributed by atoms with E-state index >= 15 is 0 Å². The van der Waals surface area contributed by atoms with E-state index in [0.29, 0.717) is 21.5 Å². The maximum Gasteiger partial charge on any atom is 0.237 e. The van der Waals surface area contributed by atoms with Crippen LogP contribution in [0.3, 0.4) is 0 Å². The second-order valence-corrected chi connectivity index (χ2v) is 7.26. The molecule has 0 heterocycles. The standard InChI is InChI=1S/C17H17Cl2NO2S/c1-10-8-15(16(22-3)9-14(10)19)20-17(21)11(2)23-13-6-4-12(18)5-7-13/h4-9,11H,1-3H3,(H,20,21). The highest BCUT2D eigenvalue weighted by Gasteiger charge is 2.17. The minimum absolute atomic E-state index is 0.107. The molecule has 1 N–H and O–H groups in total. The first-order chi connectivity index (χ1) is 10.9. The topological polar surface area (TPSA) is 38.3 Å². The van der Waals surface area contributed by atoms with E-state index in [-0.39, 0.29) is 11.2 Å². The van der Waals surface area contributed by atoms with Crippen LogP contribution < -0.4 is 10.1 Å². The number of aryl methyl sites for hydroxylation is 1. The Balaban J connectivity index is 2.09. The van der Waals surface area contributed by atoms with Crippen LogP contribution in [0.5, 0.6) is 5.75 Å². The predicted octanol–water partition coefficient (Wildman–Crippen LogP) is 5.43. The van der Waals surface area contributed by atoms with E-state index in [9.17, 15) is 4.79 Å². The Bertz CT molecular complexity index is 704. The average Bonchev–Trinajstić information content (AvgIpc) is 2.52. The second-order valence-electron chi connectivity index (χ2n) is 5.00. The minimum Gasteiger partial charge on any atom is -0.495 e. The Kier molecular flexibility index (Phi) is 6.22. The number of nitrogens with one attached hydrogen (secondary N) is 1. The van der Waals surface area contributed by atoms with Crippen molar-refractivity contribution in [3.8, 4) is 5.75 Å². The molecule has 0 spiro atoms. The van der Waals surface area contributed by atoms with Gasteiger partial charge in [-0.2, -0.15) is 0 Å². The van der Waals surface area contributed by atoms with Gasteiger partial charge in [-0.3, -0.25) is 4.79 Å². The summed E-state index contributed by atoms with van der Waals surface area (Å²) in [6.07, 6.45) is 0. The number of hydrogen-bond acceptors (Lipinski definition) is 3. The molecule has 1 amide bonds. The first-order valence-corrected chi connectivity index (χ1v) is 8.61. The summed E-state index contributed by atoms with van der Waals surface area (Å²) in [7, 11) is 1.54. The largest absolute Gasteiger partial charge is 0.495 e. The van der Waals surface area contributed by atoms with Crippen molar-refractivity contribution >= 4 is 46.6 Å². The molecule has 1 unspecified atom stereocenters. The van der Waals surface area contributed by atoms with E-state index in [1.165, 1.54) is 11.8 Å². The molecular weight excluding hydrogens is 353 g/mol. The van der Waals surface area contributed by atoms with Crippen LogP contribution in [0.1, 0.15) is 12.5 Å². The molecule has 0 fully saturated rings. The summed E-state index contributed by atoms with van der Waals surface area (Å²) in [5.41, 5.74) is 1.49. The Morgan fingerprint density at radius 3 is 2.48 bits per heavy atom. The Morgan fingerprint density at radius 2 is 1.87 bits per heavy atom. The highest BCUT2D eigenvalue weighted by molar-refractivity contribution is 8.00. The van der Waals surface area contributed by atoms with E-state index in [0.717, 1.165) is 10.5 Å². The molecule has 3 nitrogen and oxygen atoms in total. The van der Waals surface area contributed by atoms with Crippen molar-refractivity contribution in [2.45, 2.75) is 24.0 Å². The number of rotatable bonds is 5. The van der Waals surface area contributed by atoms with Crippen LogP contribution in [0.25, 0.3) is 0 Å². The summed E-state index contributed by atoms with van der Waals surface area (Å²) in [5, 5.41) is 3.90. The van der Waals surface area contributed by atoms with Crippen molar-refractivity contribution in [2.24, 2.45) is 0 Å². The molecule has 2 aromatic carbocycles. The number of carbonyl (C=O) groups is 1. The SMILES string of the molecule is COc1cc(Cl)c(C)cc1NC(=O)C(C)Sc1ccc(Cl)cc1. The molecular formula is C17H17Cl2NO2S. The minimum atomic E-state index is -0.267. The number of hydrogen-bond donors (Lipinski definition) is 1. The van der Waals surface area contributed by atoms with E-state index in [2.05, 4.69) is 5.32 Å². The van der Waals surface area contributed by atoms with Crippen LogP contribution >= 0.6 is 35.0 Å². The molecule has 0 bridgehead atoms. The number of anilines is 1. The highest BCUT2D eigenvalue weighted by Crippen LogP contribution is 2.32. The molecule has 0 aliphatic heterocycles. The lowest BCUT2D eigenvalue weighted by Gasteiger charge is -2.15. The first kappa shape index (κ1) is 18.0. The molecule has 122 valence electrons. The highest BCUT2D eigenvalue weighted by atomic mass is 35.5. The molecule has 0 aliphatic rings. The van der Waals surface area contributed by atoms with Crippen LogP contribution in [0, 0.1) is 6.92 Å². The summed E-state index contributed by atoms with van der Waals surface area (Å²) < 4.78 is 5.27. The third-order valence-electron chi connectivity index (χ3n) is 3.23. The lowest BCUT2D eigenvalue weighted by Crippen LogP contribution is -2.22. The summed E-state index contributed by atoms with van der Waals surface area (Å²) in [6, 6.07) is 10.9. The summed E-state index contributed by atoms with van der Waals surface area (Å²) in [5.74, 6) is 0.433. The zero-order chi connectivity index (χ0) is 17.0. The van der Waals surface area contributed by atoms with Crippen molar-refractivity contribution in [3.05, 3.63) is 52.0 Å². The average molecular weight is 370 g/mol. The van der Waals surface area contributed by atoms with Crippen LogP contribution in [0.15, 0.2) is 41.3 Å². The number of halogens is 2. The van der Waals surface area contributed by atoms with E-state index in [1.54, 1.807) is 31.4 Å². The third-order valence-corrected chi connectivity index (χ3v) is 5.01. The zero-order valence-electron chi connectivity index (χ0n) is 13.0. The van der Waals surface area contributed by atoms with Crippen molar-refractivity contribution < 1.29 is 9.53 Å². The Labute approximate surface area is 150 Å². The quantitative estimate of drug-likeness (QED) is 0.714. The van der Waals surface area contributed by atoms with Crippen molar-refractivity contribution in [1.82, 2.24) is 0 Å². The molecule has 0 saturated heterocycles. The molecule has 0 aliphatic carbocycles. The number of benzene rings is 2. The van der Waals surface area contributed by atoms with Gasteiger partial charge in [0.05, 0.1) is 18.0 Å². The lowest BCUT2D eigenvalue weighted by atomic mass is 10.2. The van der Waals surface area contributed by atoms with Gasteiger partial charge in [0.1, 0.15) is 5.75 Å². The van der Waals surface area contributed by atoms with Crippen LogP contribution in [-0.4, -0.2) is 18.3 Å². The van der Waals surface area contributed by atoms with Gasteiger partial charge in [-0.1, -0.05) is 23.2 Å². The number of thioether (sulfide) groups is 1. The maximum atomic E-state index is 12.4. The normalized spacial score (nSPS) is 11.9. The summed E-state index contributed by atoms with van der Waals surface area (Å²) >= 11 is 13.4. The van der Waals surface area contributed by atoms with Gasteiger partial charge >= 0.3 is 0 Å². The Morgan fingerprint density at radius 1 is 1.22 bits per heavy atom. The predicted molar refractivity (Wildman–Crippen MR) is 98.1 cm³/mol. The van der Waals surface area contributed by atoms with Gasteiger partial charge < -0.3 is 10.1 Å². The van der Waals surface area contributed by atoms with Gasteiger partial charge in [-0.15, -0.1) is 11.8 Å². The van der Waals surface area contributed by atoms with Crippen LogP contribution in [0.2, 0.25) is 10.0 Å². The van der Waals surface area contributed by atoms with Crippen molar-refractivity contribution in [3.63, 3.8) is 0 Å². The monoisotopic (exact) mass is 369 g/mol. The summed E-state index contributed by atoms with van der Waals surface area (Å²) in [4.78, 5) is 13.4. The zero-order valence-corrected chi connectivity index (χ0v) is 15.4. The number of methoxy groups -OCH3 is 1. The fraction of sp³-hybridized carbons (Fsp3) is 0.235. The lowest BCUT2D eigenvalue weighted by molar-refractivity contribution is -0.115. The third kappa shape index (κ3) is 4.80. The van der Waals surface area contributed by atoms with E-state index < -0.39 is 0 Å². The van der Waals surface area contributed by atoms with E-state index in [1.807, 2.05) is 26.0 Å². The molecule has 0 aromatic heterocycles. The van der Waals surface area contributed by atoms with Gasteiger partial charge in [-0.25, -0.2) is 0 Å². The fourth-order valence-electron chi connectivity index (χ4n) is 1.93. The number of ether oxygens (including phenoxy) is 1. The van der Waals surface area contributed by atoms with Gasteiger partial charge in [0.2, 0.25) is 5.91 Å². The van der Waals surface area contributed by atoms with Crippen LogP contribution in [-0.2, 0) is 4.79 Å². The molecule has 6 heteroatoms. The van der Waals surface area contributed by atoms with Gasteiger partial charge in [0.25, 0.3) is 0 Å². The molecule has 0 saturated carbocycles. The van der Waals surface area contributed by atoms with Crippen molar-refractivity contribution in [2.75, 3.05) is 12.4 Å². The smallest absolute Gasteiger partial charge is 0.237 e.